The quantitative estimate of drug-likeness (QED) is 0.164. The highest BCUT2D eigenvalue weighted by atomic mass is 16.6. The van der Waals surface area contributed by atoms with E-state index in [9.17, 15) is 30.0 Å². The van der Waals surface area contributed by atoms with Gasteiger partial charge in [0.25, 0.3) is 0 Å². The summed E-state index contributed by atoms with van der Waals surface area (Å²) in [6.07, 6.45) is 1.46. The Hall–Kier alpha value is -5.68. The van der Waals surface area contributed by atoms with Crippen molar-refractivity contribution in [2.75, 3.05) is 0 Å². The Morgan fingerprint density at radius 3 is 2.26 bits per heavy atom. The maximum Gasteiger partial charge on any atom is 0.204 e. The highest BCUT2D eigenvalue weighted by Gasteiger charge is 2.47. The summed E-state index contributed by atoms with van der Waals surface area (Å²) in [5.74, 6) is -0.267. The van der Waals surface area contributed by atoms with Gasteiger partial charge in [-0.25, -0.2) is 0 Å². The number of fused-ring (bicyclic) bond motifs is 8. The van der Waals surface area contributed by atoms with E-state index in [0.29, 0.717) is 11.3 Å². The lowest BCUT2D eigenvalue weighted by Crippen LogP contribution is -2.43. The predicted octanol–water partition coefficient (Wildman–Crippen LogP) is 6.16. The summed E-state index contributed by atoms with van der Waals surface area (Å²) < 4.78 is 30.9. The first-order valence-electron chi connectivity index (χ1n) is 14.9. The van der Waals surface area contributed by atoms with Crippen LogP contribution in [0.4, 0.5) is 0 Å². The Bertz CT molecular complexity index is 2500. The summed E-state index contributed by atoms with van der Waals surface area (Å²) in [5, 5.41) is 43.5. The lowest BCUT2D eigenvalue weighted by atomic mass is 9.93. The molecule has 11 nitrogen and oxygen atoms in total. The smallest absolute Gasteiger partial charge is 0.204 e. The van der Waals surface area contributed by atoms with Crippen LogP contribution < -0.4 is 25.1 Å². The molecule has 4 aromatic carbocycles. The molecule has 2 aliphatic rings. The van der Waals surface area contributed by atoms with Crippen LogP contribution in [0, 0.1) is 0 Å². The van der Waals surface area contributed by atoms with Crippen LogP contribution in [0.25, 0.3) is 50.0 Å². The summed E-state index contributed by atoms with van der Waals surface area (Å²) in [6.45, 7) is 6.77. The number of para-hydroxylation sites is 1. The average Bonchev–Trinajstić information content (AvgIpc) is 3.35. The lowest BCUT2D eigenvalue weighted by Gasteiger charge is -2.30. The van der Waals surface area contributed by atoms with Crippen molar-refractivity contribution < 1.29 is 43.5 Å². The van der Waals surface area contributed by atoms with E-state index in [1.54, 1.807) is 6.08 Å². The molecule has 47 heavy (non-hydrogen) atoms. The number of hydrogen-bond acceptors (Lipinski definition) is 11. The first kappa shape index (κ1) is 28.8. The fourth-order valence-corrected chi connectivity index (χ4v) is 6.41. The molecule has 0 fully saturated rings. The molecule has 1 unspecified atom stereocenters. The molecule has 238 valence electrons. The van der Waals surface area contributed by atoms with Crippen LogP contribution >= 0.6 is 0 Å². The molecule has 2 aromatic heterocycles. The summed E-state index contributed by atoms with van der Waals surface area (Å²) >= 11 is 0. The zero-order valence-electron chi connectivity index (χ0n) is 25.6. The molecule has 0 saturated heterocycles. The largest absolute Gasteiger partial charge is 0.507 e. The molecule has 11 heteroatoms. The number of phenols is 3. The highest BCUT2D eigenvalue weighted by molar-refractivity contribution is 6.00. The lowest BCUT2D eigenvalue weighted by molar-refractivity contribution is -0.0689. The predicted molar refractivity (Wildman–Crippen MR) is 173 cm³/mol. The van der Waals surface area contributed by atoms with E-state index in [2.05, 4.69) is 0 Å². The van der Waals surface area contributed by atoms with Crippen molar-refractivity contribution in [3.8, 4) is 34.5 Å². The first-order valence-corrected chi connectivity index (χ1v) is 14.9. The van der Waals surface area contributed by atoms with Gasteiger partial charge in [-0.2, -0.15) is 0 Å². The number of rotatable bonds is 3. The number of phenolic OH excluding ortho intramolecular Hbond substituents is 3. The molecule has 4 N–H and O–H groups in total. The van der Waals surface area contributed by atoms with Crippen LogP contribution in [0.3, 0.4) is 0 Å². The minimum atomic E-state index is -1.50. The molecule has 8 rings (SSSR count). The fraction of sp³-hybridized carbons (Fsp3) is 0.222. The topological polar surface area (TPSA) is 169 Å². The van der Waals surface area contributed by atoms with Gasteiger partial charge in [0, 0.05) is 18.2 Å². The van der Waals surface area contributed by atoms with E-state index in [1.165, 1.54) is 62.4 Å². The monoisotopic (exact) mass is 636 g/mol. The molecule has 6 aromatic rings. The second kappa shape index (κ2) is 9.43. The van der Waals surface area contributed by atoms with Gasteiger partial charge in [-0.05, 0) is 64.1 Å². The third-order valence-electron chi connectivity index (χ3n) is 8.63. The molecular formula is C36H28O11. The zero-order chi connectivity index (χ0) is 33.2. The second-order valence-corrected chi connectivity index (χ2v) is 13.0. The normalized spacial score (nSPS) is 18.3. The Kier molecular flexibility index (Phi) is 5.77. The number of hydrogen-bond donors (Lipinski definition) is 4. The number of ether oxygens (including phenoxy) is 3. The van der Waals surface area contributed by atoms with Gasteiger partial charge in [-0.3, -0.25) is 9.59 Å². The van der Waals surface area contributed by atoms with Gasteiger partial charge < -0.3 is 43.5 Å². The molecule has 4 heterocycles. The number of aromatic hydroxyl groups is 3. The SMILES string of the molecule is CC1(C)C=Cc2c(cc(O)c3c(=O)c4ccc(O[C@@H]5c6c(cc(O)c7c(=O)c8cccc(O)c8oc67)OC5C(C)(C)O)cc4oc23)O1. The molecule has 0 bridgehead atoms. The average molecular weight is 637 g/mol. The van der Waals surface area contributed by atoms with Crippen molar-refractivity contribution in [1.82, 2.24) is 0 Å². The van der Waals surface area contributed by atoms with Crippen LogP contribution in [0.1, 0.15) is 44.9 Å². The van der Waals surface area contributed by atoms with Gasteiger partial charge in [-0.1, -0.05) is 6.07 Å². The molecule has 2 aliphatic heterocycles. The van der Waals surface area contributed by atoms with Crippen LogP contribution in [0.5, 0.6) is 34.5 Å². The second-order valence-electron chi connectivity index (χ2n) is 13.0. The maximum absolute atomic E-state index is 13.6. The molecule has 0 saturated carbocycles. The van der Waals surface area contributed by atoms with E-state index in [-0.39, 0.29) is 72.4 Å². The van der Waals surface area contributed by atoms with Gasteiger partial charge in [0.05, 0.1) is 27.5 Å². The van der Waals surface area contributed by atoms with E-state index in [0.717, 1.165) is 0 Å². The summed E-state index contributed by atoms with van der Waals surface area (Å²) in [4.78, 5) is 27.1. The number of aliphatic hydroxyl groups is 1. The molecule has 0 radical (unpaired) electrons. The van der Waals surface area contributed by atoms with Crippen molar-refractivity contribution in [3.05, 3.63) is 86.2 Å². The van der Waals surface area contributed by atoms with Gasteiger partial charge in [0.15, 0.2) is 34.7 Å². The molecule has 0 amide bonds. The Balaban J connectivity index is 1.32. The minimum absolute atomic E-state index is 0.00914. The van der Waals surface area contributed by atoms with Crippen LogP contribution in [-0.2, 0) is 0 Å². The Labute approximate surface area is 265 Å². The van der Waals surface area contributed by atoms with Crippen molar-refractivity contribution >= 4 is 50.0 Å². The van der Waals surface area contributed by atoms with Crippen molar-refractivity contribution in [2.24, 2.45) is 0 Å². The van der Waals surface area contributed by atoms with Crippen molar-refractivity contribution in [2.45, 2.75) is 51.1 Å². The fourth-order valence-electron chi connectivity index (χ4n) is 6.41. The summed E-state index contributed by atoms with van der Waals surface area (Å²) in [7, 11) is 0. The summed E-state index contributed by atoms with van der Waals surface area (Å²) in [6, 6.07) is 11.5. The Morgan fingerprint density at radius 1 is 0.809 bits per heavy atom. The third-order valence-corrected chi connectivity index (χ3v) is 8.63. The third kappa shape index (κ3) is 4.23. The molecular weight excluding hydrogens is 608 g/mol. The molecule has 2 atom stereocenters. The van der Waals surface area contributed by atoms with Crippen LogP contribution in [0.2, 0.25) is 0 Å². The Morgan fingerprint density at radius 2 is 1.51 bits per heavy atom. The van der Waals surface area contributed by atoms with Crippen molar-refractivity contribution in [3.63, 3.8) is 0 Å². The van der Waals surface area contributed by atoms with Gasteiger partial charge in [0.1, 0.15) is 50.7 Å². The van der Waals surface area contributed by atoms with Gasteiger partial charge in [-0.15, -0.1) is 0 Å². The van der Waals surface area contributed by atoms with E-state index >= 15 is 0 Å². The van der Waals surface area contributed by atoms with E-state index in [1.807, 2.05) is 19.9 Å². The highest BCUT2D eigenvalue weighted by Crippen LogP contribution is 2.50. The van der Waals surface area contributed by atoms with Gasteiger partial charge >= 0.3 is 0 Å². The first-order chi connectivity index (χ1) is 22.2. The van der Waals surface area contributed by atoms with Crippen LogP contribution in [-0.4, -0.2) is 37.7 Å². The standard InChI is InChI=1S/C36H28O11/c1-35(2)11-10-17-23(47-35)13-20(38)25-28(40)16-9-8-15(12-22(16)44-31(17)25)43-33-27-24(45-34(33)36(3,4)42)14-21(39)26-29(41)18-6-5-7-19(37)30(18)46-32(26)27/h5-14,33-34,37-39,42H,1-4H3/t33-,34?/m1/s1. The molecule has 0 aliphatic carbocycles. The van der Waals surface area contributed by atoms with Crippen molar-refractivity contribution in [1.29, 1.82) is 0 Å². The zero-order valence-corrected chi connectivity index (χ0v) is 25.6. The molecule has 0 spiro atoms. The minimum Gasteiger partial charge on any atom is -0.507 e. The summed E-state index contributed by atoms with van der Waals surface area (Å²) in [5.41, 5.74) is -2.30. The van der Waals surface area contributed by atoms with Gasteiger partial charge in [0.2, 0.25) is 10.9 Å². The van der Waals surface area contributed by atoms with E-state index in [4.69, 9.17) is 23.0 Å². The van der Waals surface area contributed by atoms with Crippen LogP contribution in [0.15, 0.2) is 73.0 Å². The van der Waals surface area contributed by atoms with E-state index < -0.39 is 40.0 Å². The maximum atomic E-state index is 13.6. The number of benzene rings is 4.